The minimum Gasteiger partial charge on any atom is -0.444 e. The van der Waals surface area contributed by atoms with Crippen LogP contribution >= 0.6 is 0 Å². The van der Waals surface area contributed by atoms with Crippen molar-refractivity contribution < 1.29 is 9.53 Å². The maximum absolute atomic E-state index is 11.2. The Morgan fingerprint density at radius 2 is 2.00 bits per heavy atom. The van der Waals surface area contributed by atoms with Gasteiger partial charge >= 0.3 is 6.09 Å². The minimum absolute atomic E-state index is 0.112. The van der Waals surface area contributed by atoms with Gasteiger partial charge in [0.15, 0.2) is 0 Å². The minimum atomic E-state index is -0.549. The molecule has 0 bridgehead atoms. The smallest absolute Gasteiger partial charge is 0.411 e. The van der Waals surface area contributed by atoms with E-state index in [2.05, 4.69) is 5.32 Å². The van der Waals surface area contributed by atoms with Gasteiger partial charge in [0.2, 0.25) is 0 Å². The van der Waals surface area contributed by atoms with E-state index in [1.165, 1.54) is 6.08 Å². The number of nitrogens with one attached hydrogen (secondary N) is 2. The molecule has 0 aliphatic heterocycles. The molecule has 0 unspecified atom stereocenters. The van der Waals surface area contributed by atoms with Crippen LogP contribution in [0.4, 0.5) is 4.79 Å². The molecule has 0 radical (unpaired) electrons. The number of allylic oxidation sites excluding steroid dienone is 1. The van der Waals surface area contributed by atoms with Gasteiger partial charge < -0.3 is 10.5 Å². The normalized spacial score (nSPS) is 12.1. The first kappa shape index (κ1) is 12.5. The van der Waals surface area contributed by atoms with Crippen molar-refractivity contribution in [3.05, 3.63) is 11.8 Å². The monoisotopic (exact) mass is 199 g/mol. The lowest BCUT2D eigenvalue weighted by atomic mass is 10.2. The zero-order chi connectivity index (χ0) is 11.4. The summed E-state index contributed by atoms with van der Waals surface area (Å²) >= 11 is 0. The van der Waals surface area contributed by atoms with E-state index in [-0.39, 0.29) is 5.84 Å². The van der Waals surface area contributed by atoms with E-state index < -0.39 is 11.7 Å². The summed E-state index contributed by atoms with van der Waals surface area (Å²) in [5.74, 6) is -0.112. The molecule has 0 atom stereocenters. The van der Waals surface area contributed by atoms with Crippen molar-refractivity contribution in [1.82, 2.24) is 5.32 Å². The Balaban J connectivity index is 4.14. The Labute approximate surface area is 83.8 Å². The summed E-state index contributed by atoms with van der Waals surface area (Å²) < 4.78 is 4.99. The number of hydrogen-bond acceptors (Lipinski definition) is 3. The summed E-state index contributed by atoms with van der Waals surface area (Å²) in [6.45, 7) is 6.95. The van der Waals surface area contributed by atoms with Crippen LogP contribution in [-0.4, -0.2) is 17.5 Å². The van der Waals surface area contributed by atoms with Crippen molar-refractivity contribution in [3.8, 4) is 0 Å². The standard InChI is InChI=1S/C9H17N3O2/c1-6(5-7(10)11)12-8(13)14-9(2,3)4/h5H,1-4H3,(H3,10,11)(H,12,13)/b6-5-. The number of carbonyl (C=O) groups excluding carboxylic acids is 1. The number of hydrogen-bond donors (Lipinski definition) is 3. The number of nitrogens with two attached hydrogens (primary N) is 1. The first-order valence-electron chi connectivity index (χ1n) is 4.23. The zero-order valence-corrected chi connectivity index (χ0v) is 8.97. The maximum Gasteiger partial charge on any atom is 0.411 e. The second kappa shape index (κ2) is 4.64. The van der Waals surface area contributed by atoms with E-state index in [1.54, 1.807) is 27.7 Å². The molecule has 0 aromatic carbocycles. The molecule has 0 aromatic heterocycles. The van der Waals surface area contributed by atoms with Gasteiger partial charge in [0.1, 0.15) is 11.4 Å². The Bertz CT molecular complexity index is 264. The van der Waals surface area contributed by atoms with E-state index >= 15 is 0 Å². The van der Waals surface area contributed by atoms with Crippen molar-refractivity contribution in [2.24, 2.45) is 5.73 Å². The van der Waals surface area contributed by atoms with Gasteiger partial charge in [-0.15, -0.1) is 0 Å². The van der Waals surface area contributed by atoms with Crippen molar-refractivity contribution in [3.63, 3.8) is 0 Å². The van der Waals surface area contributed by atoms with Crippen LogP contribution in [0, 0.1) is 5.41 Å². The van der Waals surface area contributed by atoms with Crippen molar-refractivity contribution in [2.75, 3.05) is 0 Å². The summed E-state index contributed by atoms with van der Waals surface area (Å²) in [5, 5.41) is 9.41. The largest absolute Gasteiger partial charge is 0.444 e. The van der Waals surface area contributed by atoms with E-state index in [1.807, 2.05) is 0 Å². The van der Waals surface area contributed by atoms with Gasteiger partial charge in [-0.2, -0.15) is 0 Å². The zero-order valence-electron chi connectivity index (χ0n) is 8.97. The molecule has 0 saturated heterocycles. The van der Waals surface area contributed by atoms with E-state index in [4.69, 9.17) is 15.9 Å². The molecular formula is C9H17N3O2. The second-order valence-electron chi connectivity index (χ2n) is 3.91. The molecule has 0 heterocycles. The fourth-order valence-corrected chi connectivity index (χ4v) is 0.734. The summed E-state index contributed by atoms with van der Waals surface area (Å²) in [5.41, 5.74) is 5.06. The average molecular weight is 199 g/mol. The lowest BCUT2D eigenvalue weighted by molar-refractivity contribution is 0.0546. The number of carbonyl (C=O) groups is 1. The van der Waals surface area contributed by atoms with Crippen LogP contribution in [-0.2, 0) is 4.74 Å². The van der Waals surface area contributed by atoms with Crippen LogP contribution in [0.3, 0.4) is 0 Å². The highest BCUT2D eigenvalue weighted by Crippen LogP contribution is 2.06. The highest BCUT2D eigenvalue weighted by atomic mass is 16.6. The highest BCUT2D eigenvalue weighted by molar-refractivity contribution is 5.89. The Morgan fingerprint density at radius 1 is 1.50 bits per heavy atom. The van der Waals surface area contributed by atoms with Crippen LogP contribution in [0.2, 0.25) is 0 Å². The molecular weight excluding hydrogens is 182 g/mol. The molecule has 0 saturated carbocycles. The third-order valence-electron chi connectivity index (χ3n) is 1.07. The van der Waals surface area contributed by atoms with Crippen LogP contribution in [0.1, 0.15) is 27.7 Å². The summed E-state index contributed by atoms with van der Waals surface area (Å²) in [6, 6.07) is 0. The third-order valence-corrected chi connectivity index (χ3v) is 1.07. The number of rotatable bonds is 2. The fraction of sp³-hybridized carbons (Fsp3) is 0.556. The number of amides is 1. The fourth-order valence-electron chi connectivity index (χ4n) is 0.734. The molecule has 4 N–H and O–H groups in total. The Hall–Kier alpha value is -1.52. The molecule has 0 rings (SSSR count). The SMILES string of the molecule is C/C(=C/C(=N)N)NC(=O)OC(C)(C)C. The maximum atomic E-state index is 11.2. The van der Waals surface area contributed by atoms with Gasteiger partial charge in [0, 0.05) is 5.70 Å². The van der Waals surface area contributed by atoms with Gasteiger partial charge in [-0.25, -0.2) is 4.79 Å². The molecule has 0 aliphatic carbocycles. The number of amidine groups is 1. The summed E-state index contributed by atoms with van der Waals surface area (Å²) in [4.78, 5) is 11.2. The van der Waals surface area contributed by atoms with Crippen molar-refractivity contribution >= 4 is 11.9 Å². The highest BCUT2D eigenvalue weighted by Gasteiger charge is 2.15. The van der Waals surface area contributed by atoms with Gasteiger partial charge in [-0.3, -0.25) is 10.7 Å². The molecule has 5 nitrogen and oxygen atoms in total. The molecule has 0 aromatic rings. The number of alkyl carbamates (subject to hydrolysis) is 1. The predicted molar refractivity (Wildman–Crippen MR) is 55.0 cm³/mol. The van der Waals surface area contributed by atoms with Crippen LogP contribution in [0.15, 0.2) is 11.8 Å². The predicted octanol–water partition coefficient (Wildman–Crippen LogP) is 1.35. The molecule has 0 fully saturated rings. The van der Waals surface area contributed by atoms with E-state index in [0.29, 0.717) is 5.70 Å². The van der Waals surface area contributed by atoms with Crippen molar-refractivity contribution in [1.29, 1.82) is 5.41 Å². The van der Waals surface area contributed by atoms with Gasteiger partial charge in [-0.05, 0) is 33.8 Å². The molecule has 14 heavy (non-hydrogen) atoms. The first-order valence-corrected chi connectivity index (χ1v) is 4.23. The van der Waals surface area contributed by atoms with Gasteiger partial charge in [0.05, 0.1) is 0 Å². The molecule has 0 spiro atoms. The lowest BCUT2D eigenvalue weighted by Gasteiger charge is -2.19. The van der Waals surface area contributed by atoms with E-state index in [0.717, 1.165) is 0 Å². The molecule has 0 aliphatic rings. The lowest BCUT2D eigenvalue weighted by Crippen LogP contribution is -2.31. The third kappa shape index (κ3) is 7.15. The molecule has 80 valence electrons. The quantitative estimate of drug-likeness (QED) is 0.463. The second-order valence-corrected chi connectivity index (χ2v) is 3.91. The van der Waals surface area contributed by atoms with Crippen LogP contribution in [0.25, 0.3) is 0 Å². The van der Waals surface area contributed by atoms with Crippen LogP contribution < -0.4 is 11.1 Å². The number of ether oxygens (including phenoxy) is 1. The van der Waals surface area contributed by atoms with Crippen molar-refractivity contribution in [2.45, 2.75) is 33.3 Å². The molecule has 1 amide bonds. The van der Waals surface area contributed by atoms with E-state index in [9.17, 15) is 4.79 Å². The Kier molecular flexibility index (Phi) is 4.14. The summed E-state index contributed by atoms with van der Waals surface area (Å²) in [7, 11) is 0. The first-order chi connectivity index (χ1) is 6.20. The topological polar surface area (TPSA) is 88.2 Å². The molecule has 5 heteroatoms. The average Bonchev–Trinajstić information content (AvgIpc) is 1.77. The van der Waals surface area contributed by atoms with Gasteiger partial charge in [0.25, 0.3) is 0 Å². The summed E-state index contributed by atoms with van der Waals surface area (Å²) in [6.07, 6.45) is 0.789. The Morgan fingerprint density at radius 3 is 2.36 bits per heavy atom. The van der Waals surface area contributed by atoms with Gasteiger partial charge in [-0.1, -0.05) is 0 Å². The van der Waals surface area contributed by atoms with Crippen LogP contribution in [0.5, 0.6) is 0 Å².